The summed E-state index contributed by atoms with van der Waals surface area (Å²) in [6.07, 6.45) is -16.7. The van der Waals surface area contributed by atoms with Crippen LogP contribution in [0.5, 0.6) is 0 Å². The molecule has 0 aliphatic rings. The van der Waals surface area contributed by atoms with Gasteiger partial charge < -0.3 is 25.7 Å². The Balaban J connectivity index is 3.32. The van der Waals surface area contributed by atoms with Gasteiger partial charge in [0.2, 0.25) is 0 Å². The summed E-state index contributed by atoms with van der Waals surface area (Å²) < 4.78 is 77.3. The van der Waals surface area contributed by atoms with Crippen molar-refractivity contribution in [3.8, 4) is 0 Å². The van der Waals surface area contributed by atoms with Crippen molar-refractivity contribution in [3.05, 3.63) is 33.4 Å². The van der Waals surface area contributed by atoms with Crippen LogP contribution in [0.25, 0.3) is 0 Å². The summed E-state index contributed by atoms with van der Waals surface area (Å²) in [4.78, 5) is 9.57. The van der Waals surface area contributed by atoms with Crippen molar-refractivity contribution < 1.29 is 51.7 Å². The van der Waals surface area contributed by atoms with Crippen LogP contribution in [0.4, 0.5) is 37.7 Å². The molecule has 0 saturated heterocycles. The van der Waals surface area contributed by atoms with Gasteiger partial charge in [-0.25, -0.2) is 0 Å². The number of benzene rings is 1. The summed E-state index contributed by atoms with van der Waals surface area (Å²) in [5.41, 5.74) is -6.79. The third-order valence-corrected chi connectivity index (χ3v) is 3.42. The van der Waals surface area contributed by atoms with Crippen LogP contribution < -0.4 is 5.32 Å². The molecule has 0 amide bonds. The average Bonchev–Trinajstić information content (AvgIpc) is 2.55. The van der Waals surface area contributed by atoms with Gasteiger partial charge in [-0.2, -0.15) is 26.3 Å². The van der Waals surface area contributed by atoms with Gasteiger partial charge >= 0.3 is 12.4 Å². The predicted octanol–water partition coefficient (Wildman–Crippen LogP) is 1.12. The number of anilines is 1. The molecule has 0 aliphatic carbocycles. The van der Waals surface area contributed by atoms with E-state index in [0.717, 1.165) is 0 Å². The van der Waals surface area contributed by atoms with Gasteiger partial charge in [-0.1, -0.05) is 0 Å². The van der Waals surface area contributed by atoms with Gasteiger partial charge in [-0.15, -0.1) is 0 Å². The lowest BCUT2D eigenvalue weighted by molar-refractivity contribution is -0.384. The zero-order valence-corrected chi connectivity index (χ0v) is 13.1. The Bertz CT molecular complexity index is 680. The van der Waals surface area contributed by atoms with E-state index in [1.165, 1.54) is 0 Å². The number of nitro groups is 1. The molecule has 0 aromatic heterocycles. The second kappa shape index (κ2) is 8.24. The molecular formula is C13H14F6N2O6. The Hall–Kier alpha value is -2.16. The normalized spacial score (nSPS) is 15.9. The highest BCUT2D eigenvalue weighted by atomic mass is 19.4. The summed E-state index contributed by atoms with van der Waals surface area (Å²) in [5, 5.41) is 49.6. The number of alkyl halides is 6. The molecule has 14 heteroatoms. The van der Waals surface area contributed by atoms with E-state index in [1.54, 1.807) is 0 Å². The third-order valence-electron chi connectivity index (χ3n) is 3.42. The predicted molar refractivity (Wildman–Crippen MR) is 76.7 cm³/mol. The molecule has 0 aliphatic heterocycles. The maximum Gasteiger partial charge on any atom is 0.417 e. The molecule has 3 unspecified atom stereocenters. The molecule has 5 N–H and O–H groups in total. The summed E-state index contributed by atoms with van der Waals surface area (Å²) in [6.45, 7) is -1.85. The first-order valence-electron chi connectivity index (χ1n) is 7.05. The smallest absolute Gasteiger partial charge is 0.394 e. The number of nitrogens with zero attached hydrogens (tertiary/aromatic N) is 1. The van der Waals surface area contributed by atoms with E-state index in [0.29, 0.717) is 0 Å². The van der Waals surface area contributed by atoms with Crippen molar-refractivity contribution in [2.24, 2.45) is 0 Å². The minimum atomic E-state index is -5.52. The molecule has 0 saturated carbocycles. The molecular weight excluding hydrogens is 394 g/mol. The third kappa shape index (κ3) is 5.66. The van der Waals surface area contributed by atoms with E-state index < -0.39 is 71.2 Å². The quantitative estimate of drug-likeness (QED) is 0.259. The Morgan fingerprint density at radius 3 is 1.89 bits per heavy atom. The first-order chi connectivity index (χ1) is 12.2. The fourth-order valence-electron chi connectivity index (χ4n) is 2.05. The number of hydrogen-bond donors (Lipinski definition) is 5. The maximum absolute atomic E-state index is 12.9. The van der Waals surface area contributed by atoms with Gasteiger partial charge in [-0.3, -0.25) is 10.1 Å². The molecule has 154 valence electrons. The van der Waals surface area contributed by atoms with Crippen LogP contribution in [0.15, 0.2) is 12.1 Å². The topological polar surface area (TPSA) is 136 Å². The standard InChI is InChI=1S/C13H14F6N2O6/c14-12(15,16)5-1-7(20-3-9(23)11(25)10(24)4-22)8(21(26)27)2-6(5)13(17,18)19/h1-2,9-11,20,22-25H,3-4H2. The molecule has 0 radical (unpaired) electrons. The maximum atomic E-state index is 12.9. The van der Waals surface area contributed by atoms with Gasteiger partial charge in [0.1, 0.15) is 17.9 Å². The van der Waals surface area contributed by atoms with E-state index in [9.17, 15) is 46.7 Å². The fraction of sp³-hybridized carbons (Fsp3) is 0.538. The zero-order valence-electron chi connectivity index (χ0n) is 13.1. The monoisotopic (exact) mass is 408 g/mol. The lowest BCUT2D eigenvalue weighted by Crippen LogP contribution is -2.43. The summed E-state index contributed by atoms with van der Waals surface area (Å²) in [5.74, 6) is 0. The summed E-state index contributed by atoms with van der Waals surface area (Å²) in [6, 6.07) is -0.431. The molecule has 3 atom stereocenters. The lowest BCUT2D eigenvalue weighted by Gasteiger charge is -2.22. The Kier molecular flexibility index (Phi) is 6.99. The number of nitrogens with one attached hydrogen (secondary N) is 1. The van der Waals surface area contributed by atoms with E-state index in [-0.39, 0.29) is 12.1 Å². The average molecular weight is 408 g/mol. The second-order valence-electron chi connectivity index (χ2n) is 5.36. The molecule has 0 bridgehead atoms. The second-order valence-corrected chi connectivity index (χ2v) is 5.36. The molecule has 0 fully saturated rings. The Morgan fingerprint density at radius 1 is 1.00 bits per heavy atom. The van der Waals surface area contributed by atoms with Crippen molar-refractivity contribution in [2.75, 3.05) is 18.5 Å². The van der Waals surface area contributed by atoms with E-state index in [1.807, 2.05) is 5.32 Å². The van der Waals surface area contributed by atoms with Crippen molar-refractivity contribution in [1.29, 1.82) is 0 Å². The summed E-state index contributed by atoms with van der Waals surface area (Å²) in [7, 11) is 0. The number of aliphatic hydroxyl groups is 4. The van der Waals surface area contributed by atoms with Crippen LogP contribution in [0, 0.1) is 10.1 Å². The molecule has 0 spiro atoms. The van der Waals surface area contributed by atoms with E-state index in [2.05, 4.69) is 0 Å². The number of hydrogen-bond acceptors (Lipinski definition) is 7. The first kappa shape index (κ1) is 22.9. The minimum absolute atomic E-state index is 0.136. The fourth-order valence-corrected chi connectivity index (χ4v) is 2.05. The van der Waals surface area contributed by atoms with Gasteiger partial charge in [-0.05, 0) is 6.07 Å². The SMILES string of the molecule is O=[N+]([O-])c1cc(C(F)(F)F)c(C(F)(F)F)cc1NCC(O)C(O)C(O)CO. The Morgan fingerprint density at radius 2 is 1.48 bits per heavy atom. The molecule has 1 aromatic rings. The highest BCUT2D eigenvalue weighted by Gasteiger charge is 2.45. The summed E-state index contributed by atoms with van der Waals surface area (Å²) >= 11 is 0. The molecule has 1 rings (SSSR count). The number of aliphatic hydroxyl groups excluding tert-OH is 4. The molecule has 0 heterocycles. The van der Waals surface area contributed by atoms with Gasteiger partial charge in [0.25, 0.3) is 5.69 Å². The van der Waals surface area contributed by atoms with E-state index in [4.69, 9.17) is 10.2 Å². The van der Waals surface area contributed by atoms with Gasteiger partial charge in [0.15, 0.2) is 0 Å². The van der Waals surface area contributed by atoms with Crippen LogP contribution in [-0.4, -0.2) is 56.8 Å². The first-order valence-corrected chi connectivity index (χ1v) is 7.05. The molecule has 27 heavy (non-hydrogen) atoms. The largest absolute Gasteiger partial charge is 0.417 e. The van der Waals surface area contributed by atoms with Crippen LogP contribution >= 0.6 is 0 Å². The number of halogens is 6. The Labute approximate surface area is 146 Å². The minimum Gasteiger partial charge on any atom is -0.394 e. The zero-order chi connectivity index (χ0) is 21.2. The van der Waals surface area contributed by atoms with Crippen molar-refractivity contribution >= 4 is 11.4 Å². The highest BCUT2D eigenvalue weighted by Crippen LogP contribution is 2.44. The molecule has 8 nitrogen and oxygen atoms in total. The lowest BCUT2D eigenvalue weighted by atomic mass is 10.0. The highest BCUT2D eigenvalue weighted by molar-refractivity contribution is 5.65. The van der Waals surface area contributed by atoms with Gasteiger partial charge in [0, 0.05) is 12.6 Å². The number of rotatable bonds is 7. The van der Waals surface area contributed by atoms with Crippen molar-refractivity contribution in [2.45, 2.75) is 30.7 Å². The number of nitro benzene ring substituents is 1. The van der Waals surface area contributed by atoms with Crippen LogP contribution in [0.3, 0.4) is 0 Å². The van der Waals surface area contributed by atoms with E-state index >= 15 is 0 Å². The van der Waals surface area contributed by atoms with Crippen molar-refractivity contribution in [1.82, 2.24) is 0 Å². The van der Waals surface area contributed by atoms with Gasteiger partial charge in [0.05, 0.1) is 28.8 Å². The van der Waals surface area contributed by atoms with Crippen LogP contribution in [0.1, 0.15) is 11.1 Å². The van der Waals surface area contributed by atoms with Crippen LogP contribution in [0.2, 0.25) is 0 Å². The van der Waals surface area contributed by atoms with Crippen molar-refractivity contribution in [3.63, 3.8) is 0 Å². The molecule has 1 aromatic carbocycles. The van der Waals surface area contributed by atoms with Crippen LogP contribution in [-0.2, 0) is 12.4 Å².